The van der Waals surface area contributed by atoms with Gasteiger partial charge in [-0.05, 0) is 58.3 Å². The minimum absolute atomic E-state index is 0.0688. The highest BCUT2D eigenvalue weighted by atomic mass is 16.6. The van der Waals surface area contributed by atoms with Crippen LogP contribution in [0.3, 0.4) is 0 Å². The molecule has 2 N–H and O–H groups in total. The first kappa shape index (κ1) is 14.6. The van der Waals surface area contributed by atoms with Crippen LogP contribution in [-0.2, 0) is 4.74 Å². The highest BCUT2D eigenvalue weighted by Gasteiger charge is 2.50. The van der Waals surface area contributed by atoms with Crippen LogP contribution in [0.2, 0.25) is 0 Å². The molecule has 0 aromatic rings. The third kappa shape index (κ3) is 3.85. The summed E-state index contributed by atoms with van der Waals surface area (Å²) in [5.41, 5.74) is -0.543. The highest BCUT2D eigenvalue weighted by molar-refractivity contribution is 5.69. The van der Waals surface area contributed by atoms with Crippen LogP contribution in [0.15, 0.2) is 0 Å². The van der Waals surface area contributed by atoms with Gasteiger partial charge in [-0.1, -0.05) is 12.8 Å². The third-order valence-corrected chi connectivity index (χ3v) is 4.33. The van der Waals surface area contributed by atoms with E-state index in [-0.39, 0.29) is 23.7 Å². The molecule has 2 rings (SSSR count). The molecule has 4 heteroatoms. The number of aliphatic hydroxyl groups is 1. The van der Waals surface area contributed by atoms with Crippen LogP contribution in [0.4, 0.5) is 4.79 Å². The summed E-state index contributed by atoms with van der Waals surface area (Å²) in [4.78, 5) is 12.0. The van der Waals surface area contributed by atoms with Crippen LogP contribution in [0.1, 0.15) is 65.7 Å². The molecule has 4 nitrogen and oxygen atoms in total. The molecule has 1 amide bonds. The van der Waals surface area contributed by atoms with Crippen LogP contribution < -0.4 is 5.32 Å². The maximum atomic E-state index is 12.0. The van der Waals surface area contributed by atoms with Crippen LogP contribution in [0.25, 0.3) is 0 Å². The average Bonchev–Trinajstić information content (AvgIpc) is 2.88. The smallest absolute Gasteiger partial charge is 0.408 e. The topological polar surface area (TPSA) is 58.6 Å². The first-order chi connectivity index (χ1) is 8.78. The maximum Gasteiger partial charge on any atom is 0.408 e. The summed E-state index contributed by atoms with van der Waals surface area (Å²) in [5, 5.41) is 12.6. The number of nitrogens with one attached hydrogen (secondary N) is 1. The minimum atomic E-state index is -0.460. The van der Waals surface area contributed by atoms with Gasteiger partial charge >= 0.3 is 6.09 Å². The molecule has 2 fully saturated rings. The van der Waals surface area contributed by atoms with Crippen molar-refractivity contribution in [3.8, 4) is 0 Å². The van der Waals surface area contributed by atoms with Crippen molar-refractivity contribution in [2.75, 3.05) is 6.61 Å². The number of carbonyl (C=O) groups excluding carboxylic acids is 1. The second-order valence-corrected chi connectivity index (χ2v) is 7.45. The normalized spacial score (nSPS) is 24.0. The zero-order valence-corrected chi connectivity index (χ0v) is 12.4. The lowest BCUT2D eigenvalue weighted by Gasteiger charge is -2.34. The third-order valence-electron chi connectivity index (χ3n) is 4.33. The van der Waals surface area contributed by atoms with E-state index in [1.165, 1.54) is 0 Å². The molecule has 0 aromatic heterocycles. The lowest BCUT2D eigenvalue weighted by molar-refractivity contribution is 0.0421. The Morgan fingerprint density at radius 2 is 1.79 bits per heavy atom. The van der Waals surface area contributed by atoms with Crippen molar-refractivity contribution in [2.24, 2.45) is 5.41 Å². The molecule has 110 valence electrons. The van der Waals surface area contributed by atoms with E-state index in [0.29, 0.717) is 0 Å². The van der Waals surface area contributed by atoms with Gasteiger partial charge in [-0.25, -0.2) is 4.79 Å². The molecular weight excluding hydrogens is 242 g/mol. The van der Waals surface area contributed by atoms with Crippen LogP contribution >= 0.6 is 0 Å². The van der Waals surface area contributed by atoms with Gasteiger partial charge in [0, 0.05) is 12.1 Å². The van der Waals surface area contributed by atoms with Crippen molar-refractivity contribution < 1.29 is 14.6 Å². The fourth-order valence-corrected chi connectivity index (χ4v) is 3.20. The average molecular weight is 269 g/mol. The molecule has 0 radical (unpaired) electrons. The van der Waals surface area contributed by atoms with E-state index in [2.05, 4.69) is 5.32 Å². The van der Waals surface area contributed by atoms with Crippen molar-refractivity contribution in [3.63, 3.8) is 0 Å². The summed E-state index contributed by atoms with van der Waals surface area (Å²) in [7, 11) is 0. The summed E-state index contributed by atoms with van der Waals surface area (Å²) in [5.74, 6) is 0. The molecule has 0 heterocycles. The SMILES string of the molecule is CC(C)(C)OC(=O)NC1(CC2(CO)CC2)CCCC1. The van der Waals surface area contributed by atoms with E-state index in [9.17, 15) is 9.90 Å². The number of alkyl carbamates (subject to hydrolysis) is 1. The molecule has 19 heavy (non-hydrogen) atoms. The first-order valence-electron chi connectivity index (χ1n) is 7.40. The highest BCUT2D eigenvalue weighted by Crippen LogP contribution is 2.53. The van der Waals surface area contributed by atoms with E-state index < -0.39 is 5.60 Å². The second-order valence-electron chi connectivity index (χ2n) is 7.45. The van der Waals surface area contributed by atoms with Gasteiger partial charge in [0.25, 0.3) is 0 Å². The minimum Gasteiger partial charge on any atom is -0.444 e. The number of carbonyl (C=O) groups is 1. The second kappa shape index (κ2) is 4.97. The zero-order valence-electron chi connectivity index (χ0n) is 12.4. The molecule has 0 aromatic carbocycles. The summed E-state index contributed by atoms with van der Waals surface area (Å²) in [6.45, 7) is 5.88. The van der Waals surface area contributed by atoms with Crippen molar-refractivity contribution in [2.45, 2.75) is 76.9 Å². The number of amides is 1. The van der Waals surface area contributed by atoms with Gasteiger partial charge in [0.1, 0.15) is 5.60 Å². The molecule has 0 saturated heterocycles. The predicted molar refractivity (Wildman–Crippen MR) is 73.9 cm³/mol. The Balaban J connectivity index is 1.98. The van der Waals surface area contributed by atoms with E-state index in [1.807, 2.05) is 20.8 Å². The van der Waals surface area contributed by atoms with Crippen molar-refractivity contribution in [1.82, 2.24) is 5.32 Å². The van der Waals surface area contributed by atoms with Crippen molar-refractivity contribution in [3.05, 3.63) is 0 Å². The van der Waals surface area contributed by atoms with E-state index >= 15 is 0 Å². The lowest BCUT2D eigenvalue weighted by Crippen LogP contribution is -2.50. The Labute approximate surface area is 115 Å². The Kier molecular flexibility index (Phi) is 3.83. The van der Waals surface area contributed by atoms with E-state index in [1.54, 1.807) is 0 Å². The molecule has 0 atom stereocenters. The zero-order chi connectivity index (χ0) is 14.1. The van der Waals surface area contributed by atoms with E-state index in [0.717, 1.165) is 44.9 Å². The number of ether oxygens (including phenoxy) is 1. The number of rotatable bonds is 4. The maximum absolute atomic E-state index is 12.0. The van der Waals surface area contributed by atoms with Gasteiger partial charge in [-0.15, -0.1) is 0 Å². The summed E-state index contributed by atoms with van der Waals surface area (Å²) in [6, 6.07) is 0. The van der Waals surface area contributed by atoms with Gasteiger partial charge in [-0.3, -0.25) is 0 Å². The fourth-order valence-electron chi connectivity index (χ4n) is 3.20. The molecule has 0 bridgehead atoms. The number of hydrogen-bond donors (Lipinski definition) is 2. The van der Waals surface area contributed by atoms with Gasteiger partial charge in [0.2, 0.25) is 0 Å². The molecule has 2 saturated carbocycles. The predicted octanol–water partition coefficient (Wildman–Crippen LogP) is 2.99. The molecule has 0 unspecified atom stereocenters. The first-order valence-corrected chi connectivity index (χ1v) is 7.40. The Hall–Kier alpha value is -0.770. The van der Waals surface area contributed by atoms with Gasteiger partial charge in [-0.2, -0.15) is 0 Å². The summed E-state index contributed by atoms with van der Waals surface area (Å²) in [6.07, 6.45) is 7.07. The fraction of sp³-hybridized carbons (Fsp3) is 0.933. The van der Waals surface area contributed by atoms with E-state index in [4.69, 9.17) is 4.74 Å². The van der Waals surface area contributed by atoms with Gasteiger partial charge in [0.05, 0.1) is 0 Å². The van der Waals surface area contributed by atoms with Crippen LogP contribution in [-0.4, -0.2) is 28.9 Å². The standard InChI is InChI=1S/C15H27NO3/c1-13(2,3)19-12(18)16-15(6-4-5-7-15)10-14(11-17)8-9-14/h17H,4-11H2,1-3H3,(H,16,18). The Morgan fingerprint density at radius 3 is 2.21 bits per heavy atom. The Morgan fingerprint density at radius 1 is 1.21 bits per heavy atom. The Bertz CT molecular complexity index is 336. The monoisotopic (exact) mass is 269 g/mol. The van der Waals surface area contributed by atoms with Crippen LogP contribution in [0, 0.1) is 5.41 Å². The molecular formula is C15H27NO3. The largest absolute Gasteiger partial charge is 0.444 e. The van der Waals surface area contributed by atoms with Gasteiger partial charge in [0.15, 0.2) is 0 Å². The quantitative estimate of drug-likeness (QED) is 0.825. The molecule has 2 aliphatic carbocycles. The van der Waals surface area contributed by atoms with Crippen LogP contribution in [0.5, 0.6) is 0 Å². The molecule has 0 aliphatic heterocycles. The lowest BCUT2D eigenvalue weighted by atomic mass is 9.84. The number of hydrogen-bond acceptors (Lipinski definition) is 3. The summed E-state index contributed by atoms with van der Waals surface area (Å²) < 4.78 is 5.38. The number of aliphatic hydroxyl groups excluding tert-OH is 1. The summed E-state index contributed by atoms with van der Waals surface area (Å²) >= 11 is 0. The van der Waals surface area contributed by atoms with Crippen molar-refractivity contribution in [1.29, 1.82) is 0 Å². The van der Waals surface area contributed by atoms with Gasteiger partial charge < -0.3 is 15.2 Å². The van der Waals surface area contributed by atoms with Crippen molar-refractivity contribution >= 4 is 6.09 Å². The molecule has 0 spiro atoms. The molecule has 2 aliphatic rings.